The Morgan fingerprint density at radius 1 is 0.536 bits per heavy atom. The maximum atomic E-state index is 12.0. The molecule has 0 saturated heterocycles. The van der Waals surface area contributed by atoms with E-state index in [1.807, 2.05) is 11.9 Å². The van der Waals surface area contributed by atoms with Crippen LogP contribution in [0.2, 0.25) is 0 Å². The second-order valence-electron chi connectivity index (χ2n) is 9.03. The summed E-state index contributed by atoms with van der Waals surface area (Å²) in [6.45, 7) is 4.07. The molecule has 0 heterocycles. The molecule has 0 aromatic rings. The van der Waals surface area contributed by atoms with E-state index in [1.54, 1.807) is 0 Å². The van der Waals surface area contributed by atoms with Gasteiger partial charge in [0, 0.05) is 26.6 Å². The lowest BCUT2D eigenvalue weighted by Gasteiger charge is -2.19. The van der Waals surface area contributed by atoms with Gasteiger partial charge in [-0.25, -0.2) is 0 Å². The lowest BCUT2D eigenvalue weighted by Crippen LogP contribution is -2.33. The molecule has 0 fully saturated rings. The van der Waals surface area contributed by atoms with Crippen LogP contribution in [0, 0.1) is 0 Å². The van der Waals surface area contributed by atoms with E-state index < -0.39 is 0 Å². The van der Waals surface area contributed by atoms with Crippen LogP contribution in [-0.4, -0.2) is 49.9 Å². The minimum Gasteiger partial charge on any atom is -0.344 e. The maximum absolute atomic E-state index is 12.0. The van der Waals surface area contributed by atoms with Crippen LogP contribution in [0.25, 0.3) is 0 Å². The number of unbranched alkanes of at least 4 members (excludes halogenated alkanes) is 16. The minimum atomic E-state index is 0.308. The van der Waals surface area contributed by atoms with Crippen molar-refractivity contribution in [1.82, 2.24) is 9.80 Å². The first-order valence-electron chi connectivity index (χ1n) is 12.5. The van der Waals surface area contributed by atoms with Crippen molar-refractivity contribution in [2.45, 2.75) is 122 Å². The van der Waals surface area contributed by atoms with Gasteiger partial charge in [-0.05, 0) is 20.5 Å². The number of carbonyl (C=O) groups is 1. The van der Waals surface area contributed by atoms with Crippen molar-refractivity contribution in [1.29, 1.82) is 0 Å². The van der Waals surface area contributed by atoms with E-state index in [4.69, 9.17) is 0 Å². The fourth-order valence-corrected chi connectivity index (χ4v) is 3.67. The van der Waals surface area contributed by atoms with Gasteiger partial charge in [0.25, 0.3) is 0 Å². The van der Waals surface area contributed by atoms with Crippen molar-refractivity contribution in [3.63, 3.8) is 0 Å². The smallest absolute Gasteiger partial charge is 0.222 e. The van der Waals surface area contributed by atoms with Crippen molar-refractivity contribution in [2.24, 2.45) is 0 Å². The average Bonchev–Trinajstić information content (AvgIpc) is 2.68. The number of likely N-dealkylation sites (N-methyl/N-ethyl adjacent to an activating group) is 2. The molecule has 0 aliphatic rings. The van der Waals surface area contributed by atoms with Crippen LogP contribution in [0.1, 0.15) is 122 Å². The zero-order valence-corrected chi connectivity index (χ0v) is 19.9. The van der Waals surface area contributed by atoms with Crippen molar-refractivity contribution >= 4 is 5.91 Å². The van der Waals surface area contributed by atoms with E-state index in [2.05, 4.69) is 25.9 Å². The predicted octanol–water partition coefficient (Wildman–Crippen LogP) is 7.05. The normalized spacial score (nSPS) is 11.3. The van der Waals surface area contributed by atoms with Gasteiger partial charge in [0.15, 0.2) is 0 Å². The van der Waals surface area contributed by atoms with Crippen molar-refractivity contribution < 1.29 is 4.79 Å². The fraction of sp³-hybridized carbons (Fsp3) is 0.960. The molecule has 0 aromatic heterocycles. The standard InChI is InChI=1S/C25H52N2O/c1-5-6-7-8-9-10-11-12-13-14-15-16-17-18-19-20-21-22-25(28)27(4)24-23-26(2)3/h5-24H2,1-4H3. The Labute approximate surface area is 177 Å². The third-order valence-corrected chi connectivity index (χ3v) is 5.80. The highest BCUT2D eigenvalue weighted by atomic mass is 16.2. The molecule has 3 nitrogen and oxygen atoms in total. The lowest BCUT2D eigenvalue weighted by atomic mass is 10.0. The van der Waals surface area contributed by atoms with Crippen molar-refractivity contribution in [3.8, 4) is 0 Å². The highest BCUT2D eigenvalue weighted by Crippen LogP contribution is 2.14. The molecular formula is C25H52N2O. The maximum Gasteiger partial charge on any atom is 0.222 e. The summed E-state index contributed by atoms with van der Waals surface area (Å²) in [5.74, 6) is 0.308. The quantitative estimate of drug-likeness (QED) is 0.194. The predicted molar refractivity (Wildman–Crippen MR) is 125 cm³/mol. The zero-order valence-electron chi connectivity index (χ0n) is 19.9. The number of amides is 1. The second-order valence-corrected chi connectivity index (χ2v) is 9.03. The average molecular weight is 397 g/mol. The molecular weight excluding hydrogens is 344 g/mol. The van der Waals surface area contributed by atoms with Crippen LogP contribution in [0.3, 0.4) is 0 Å². The van der Waals surface area contributed by atoms with Crippen molar-refractivity contribution in [3.05, 3.63) is 0 Å². The number of nitrogens with zero attached hydrogens (tertiary/aromatic N) is 2. The molecule has 168 valence electrons. The van der Waals surface area contributed by atoms with Crippen LogP contribution in [0.15, 0.2) is 0 Å². The SMILES string of the molecule is CCCCCCCCCCCCCCCCCCCC(=O)N(C)CCN(C)C. The summed E-state index contributed by atoms with van der Waals surface area (Å²) in [5, 5.41) is 0. The van der Waals surface area contributed by atoms with Gasteiger partial charge in [0.05, 0.1) is 0 Å². The molecule has 0 N–H and O–H groups in total. The molecule has 0 atom stereocenters. The first-order valence-corrected chi connectivity index (χ1v) is 12.5. The molecule has 0 aliphatic heterocycles. The van der Waals surface area contributed by atoms with Gasteiger partial charge in [-0.3, -0.25) is 4.79 Å². The number of hydrogen-bond donors (Lipinski definition) is 0. The van der Waals surface area contributed by atoms with E-state index in [9.17, 15) is 4.79 Å². The van der Waals surface area contributed by atoms with Gasteiger partial charge in [-0.1, -0.05) is 110 Å². The molecule has 0 saturated carbocycles. The first-order chi connectivity index (χ1) is 13.6. The Hall–Kier alpha value is -0.570. The Morgan fingerprint density at radius 3 is 1.25 bits per heavy atom. The Balaban J connectivity index is 3.20. The van der Waals surface area contributed by atoms with E-state index in [0.717, 1.165) is 25.9 Å². The van der Waals surface area contributed by atoms with Crippen LogP contribution < -0.4 is 0 Å². The Kier molecular flexibility index (Phi) is 20.7. The van der Waals surface area contributed by atoms with Gasteiger partial charge in [-0.15, -0.1) is 0 Å². The summed E-state index contributed by atoms with van der Waals surface area (Å²) in [5.41, 5.74) is 0. The summed E-state index contributed by atoms with van der Waals surface area (Å²) in [6.07, 6.45) is 24.2. The van der Waals surface area contributed by atoms with Gasteiger partial charge in [0.2, 0.25) is 5.91 Å². The molecule has 0 unspecified atom stereocenters. The summed E-state index contributed by atoms with van der Waals surface area (Å²) >= 11 is 0. The molecule has 1 amide bonds. The summed E-state index contributed by atoms with van der Waals surface area (Å²) in [7, 11) is 6.03. The van der Waals surface area contributed by atoms with Gasteiger partial charge in [0.1, 0.15) is 0 Å². The van der Waals surface area contributed by atoms with E-state index in [-0.39, 0.29) is 0 Å². The molecule has 0 spiro atoms. The van der Waals surface area contributed by atoms with Crippen LogP contribution >= 0.6 is 0 Å². The number of rotatable bonds is 21. The molecule has 0 rings (SSSR count). The molecule has 0 aliphatic carbocycles. The van der Waals surface area contributed by atoms with E-state index >= 15 is 0 Å². The fourth-order valence-electron chi connectivity index (χ4n) is 3.67. The molecule has 0 aromatic carbocycles. The summed E-state index contributed by atoms with van der Waals surface area (Å²) < 4.78 is 0. The molecule has 3 heteroatoms. The minimum absolute atomic E-state index is 0.308. The van der Waals surface area contributed by atoms with Crippen molar-refractivity contribution in [2.75, 3.05) is 34.2 Å². The van der Waals surface area contributed by atoms with Gasteiger partial charge in [-0.2, -0.15) is 0 Å². The monoisotopic (exact) mass is 396 g/mol. The lowest BCUT2D eigenvalue weighted by molar-refractivity contribution is -0.130. The molecule has 0 radical (unpaired) electrons. The number of hydrogen-bond acceptors (Lipinski definition) is 2. The van der Waals surface area contributed by atoms with Gasteiger partial charge < -0.3 is 9.80 Å². The summed E-state index contributed by atoms with van der Waals surface area (Å²) in [4.78, 5) is 16.0. The topological polar surface area (TPSA) is 23.6 Å². The third-order valence-electron chi connectivity index (χ3n) is 5.80. The Morgan fingerprint density at radius 2 is 0.893 bits per heavy atom. The van der Waals surface area contributed by atoms with E-state index in [1.165, 1.54) is 103 Å². The van der Waals surface area contributed by atoms with Crippen LogP contribution in [-0.2, 0) is 4.79 Å². The van der Waals surface area contributed by atoms with E-state index in [0.29, 0.717) is 5.91 Å². The summed E-state index contributed by atoms with van der Waals surface area (Å²) in [6, 6.07) is 0. The van der Waals surface area contributed by atoms with Crippen LogP contribution in [0.5, 0.6) is 0 Å². The highest BCUT2D eigenvalue weighted by molar-refractivity contribution is 5.75. The highest BCUT2D eigenvalue weighted by Gasteiger charge is 2.08. The third kappa shape index (κ3) is 20.2. The molecule has 28 heavy (non-hydrogen) atoms. The van der Waals surface area contributed by atoms with Gasteiger partial charge >= 0.3 is 0 Å². The largest absolute Gasteiger partial charge is 0.344 e. The number of carbonyl (C=O) groups excluding carboxylic acids is 1. The zero-order chi connectivity index (χ0) is 20.9. The first kappa shape index (κ1) is 27.4. The Bertz CT molecular complexity index is 331. The van der Waals surface area contributed by atoms with Crippen LogP contribution in [0.4, 0.5) is 0 Å². The second kappa shape index (κ2) is 21.1. The molecule has 0 bridgehead atoms.